The summed E-state index contributed by atoms with van der Waals surface area (Å²) in [6, 6.07) is 5.33. The molecule has 2 saturated heterocycles. The van der Waals surface area contributed by atoms with E-state index in [0.29, 0.717) is 44.8 Å². The van der Waals surface area contributed by atoms with E-state index in [1.807, 2.05) is 19.9 Å². The van der Waals surface area contributed by atoms with Gasteiger partial charge in [-0.1, -0.05) is 6.07 Å². The van der Waals surface area contributed by atoms with Crippen LogP contribution in [0, 0.1) is 0 Å². The largest absolute Gasteiger partial charge is 0.379 e. The van der Waals surface area contributed by atoms with E-state index in [1.165, 1.54) is 0 Å². The lowest BCUT2D eigenvalue weighted by atomic mass is 9.88. The number of ether oxygens (including phenoxy) is 1. The van der Waals surface area contributed by atoms with E-state index in [2.05, 4.69) is 9.88 Å². The highest BCUT2D eigenvalue weighted by atomic mass is 19.1. The fourth-order valence-corrected chi connectivity index (χ4v) is 3.59. The second-order valence-corrected chi connectivity index (χ2v) is 7.13. The molecule has 132 valence electrons. The maximum absolute atomic E-state index is 15.2. The molecule has 3 rings (SSSR count). The van der Waals surface area contributed by atoms with Crippen LogP contribution in [0.3, 0.4) is 0 Å². The zero-order chi connectivity index (χ0) is 17.2. The molecule has 6 heteroatoms. The smallest absolute Gasteiger partial charge is 0.242 e. The van der Waals surface area contributed by atoms with Gasteiger partial charge in [0.05, 0.1) is 24.4 Å². The second-order valence-electron chi connectivity index (χ2n) is 7.13. The van der Waals surface area contributed by atoms with Gasteiger partial charge in [-0.3, -0.25) is 14.7 Å². The summed E-state index contributed by atoms with van der Waals surface area (Å²) in [6.45, 7) is 7.60. The van der Waals surface area contributed by atoms with Gasteiger partial charge in [-0.15, -0.1) is 0 Å². The molecule has 2 aliphatic rings. The molecule has 3 heterocycles. The van der Waals surface area contributed by atoms with Crippen molar-refractivity contribution >= 4 is 5.91 Å². The Kier molecular flexibility index (Phi) is 4.88. The maximum atomic E-state index is 15.2. The summed E-state index contributed by atoms with van der Waals surface area (Å²) in [5.41, 5.74) is -1.53. The zero-order valence-electron chi connectivity index (χ0n) is 14.5. The lowest BCUT2D eigenvalue weighted by Gasteiger charge is -2.44. The molecule has 0 unspecified atom stereocenters. The number of alkyl halides is 1. The van der Waals surface area contributed by atoms with Gasteiger partial charge in [-0.25, -0.2) is 4.39 Å². The number of carbonyl (C=O) groups is 1. The Morgan fingerprint density at radius 3 is 2.46 bits per heavy atom. The molecule has 0 aromatic carbocycles. The van der Waals surface area contributed by atoms with Crippen molar-refractivity contribution in [3.8, 4) is 0 Å². The van der Waals surface area contributed by atoms with Crippen LogP contribution >= 0.6 is 0 Å². The highest BCUT2D eigenvalue weighted by Gasteiger charge is 2.43. The Morgan fingerprint density at radius 2 is 1.88 bits per heavy atom. The fraction of sp³-hybridized carbons (Fsp3) is 0.667. The first-order chi connectivity index (χ1) is 11.4. The van der Waals surface area contributed by atoms with Crippen LogP contribution in [0.5, 0.6) is 0 Å². The highest BCUT2D eigenvalue weighted by Crippen LogP contribution is 2.36. The standard InChI is InChI=1S/C18H26FN3O2/c1-17(2,22-11-13-24-14-12-22)16(23)21-9-6-18(19,7-10-21)15-5-3-4-8-20-15/h3-5,8H,6-7,9-14H2,1-2H3. The number of amides is 1. The van der Waals surface area contributed by atoms with Crippen molar-refractivity contribution in [3.05, 3.63) is 30.1 Å². The van der Waals surface area contributed by atoms with Gasteiger partial charge >= 0.3 is 0 Å². The molecule has 24 heavy (non-hydrogen) atoms. The van der Waals surface area contributed by atoms with Crippen molar-refractivity contribution in [2.24, 2.45) is 0 Å². The van der Waals surface area contributed by atoms with Gasteiger partial charge in [0.1, 0.15) is 0 Å². The molecule has 0 spiro atoms. The van der Waals surface area contributed by atoms with E-state index in [9.17, 15) is 4.79 Å². The number of likely N-dealkylation sites (tertiary alicyclic amines) is 1. The molecule has 0 saturated carbocycles. The summed E-state index contributed by atoms with van der Waals surface area (Å²) < 4.78 is 20.5. The highest BCUT2D eigenvalue weighted by molar-refractivity contribution is 5.85. The Bertz CT molecular complexity index is 565. The first kappa shape index (κ1) is 17.3. The van der Waals surface area contributed by atoms with Crippen LogP contribution in [-0.4, -0.2) is 65.6 Å². The van der Waals surface area contributed by atoms with Crippen LogP contribution < -0.4 is 0 Å². The zero-order valence-corrected chi connectivity index (χ0v) is 14.5. The minimum atomic E-state index is -1.43. The van der Waals surface area contributed by atoms with Gasteiger partial charge in [0, 0.05) is 45.2 Å². The molecule has 0 bridgehead atoms. The third-order valence-electron chi connectivity index (χ3n) is 5.29. The first-order valence-corrected chi connectivity index (χ1v) is 8.66. The van der Waals surface area contributed by atoms with Gasteiger partial charge in [0.15, 0.2) is 5.67 Å². The number of morpholine rings is 1. The quantitative estimate of drug-likeness (QED) is 0.847. The molecule has 0 N–H and O–H groups in total. The molecule has 0 radical (unpaired) electrons. The number of pyridine rings is 1. The van der Waals surface area contributed by atoms with Crippen LogP contribution in [0.15, 0.2) is 24.4 Å². The summed E-state index contributed by atoms with van der Waals surface area (Å²) in [6.07, 6.45) is 2.22. The molecule has 2 fully saturated rings. The average molecular weight is 335 g/mol. The summed E-state index contributed by atoms with van der Waals surface area (Å²) in [5, 5.41) is 0. The number of nitrogens with zero attached hydrogens (tertiary/aromatic N) is 3. The number of piperidine rings is 1. The lowest BCUT2D eigenvalue weighted by molar-refractivity contribution is -0.148. The van der Waals surface area contributed by atoms with Crippen LogP contribution in [0.4, 0.5) is 4.39 Å². The van der Waals surface area contributed by atoms with E-state index in [-0.39, 0.29) is 5.91 Å². The Hall–Kier alpha value is -1.53. The summed E-state index contributed by atoms with van der Waals surface area (Å²) >= 11 is 0. The van der Waals surface area contributed by atoms with Gasteiger partial charge in [-0.05, 0) is 26.0 Å². The number of halogens is 1. The molecular formula is C18H26FN3O2. The minimum absolute atomic E-state index is 0.0764. The topological polar surface area (TPSA) is 45.7 Å². The molecule has 0 atom stereocenters. The van der Waals surface area contributed by atoms with Crippen molar-refractivity contribution < 1.29 is 13.9 Å². The Morgan fingerprint density at radius 1 is 1.21 bits per heavy atom. The number of carbonyl (C=O) groups excluding carboxylic acids is 1. The van der Waals surface area contributed by atoms with Gasteiger partial charge in [-0.2, -0.15) is 0 Å². The molecule has 1 aromatic heterocycles. The van der Waals surface area contributed by atoms with Crippen molar-refractivity contribution in [2.75, 3.05) is 39.4 Å². The third kappa shape index (κ3) is 3.30. The Labute approximate surface area is 142 Å². The third-order valence-corrected chi connectivity index (χ3v) is 5.29. The lowest BCUT2D eigenvalue weighted by Crippen LogP contribution is -2.60. The van der Waals surface area contributed by atoms with Crippen LogP contribution in [0.25, 0.3) is 0 Å². The predicted octanol–water partition coefficient (Wildman–Crippen LogP) is 1.98. The van der Waals surface area contributed by atoms with Crippen molar-refractivity contribution in [1.82, 2.24) is 14.8 Å². The van der Waals surface area contributed by atoms with E-state index in [0.717, 1.165) is 13.1 Å². The summed E-state index contributed by atoms with van der Waals surface area (Å²) in [4.78, 5) is 21.1. The summed E-state index contributed by atoms with van der Waals surface area (Å²) in [5.74, 6) is 0.0764. The van der Waals surface area contributed by atoms with E-state index >= 15 is 4.39 Å². The molecule has 1 aromatic rings. The first-order valence-electron chi connectivity index (χ1n) is 8.66. The number of aromatic nitrogens is 1. The van der Waals surface area contributed by atoms with Gasteiger partial charge in [0.25, 0.3) is 0 Å². The summed E-state index contributed by atoms with van der Waals surface area (Å²) in [7, 11) is 0. The maximum Gasteiger partial charge on any atom is 0.242 e. The van der Waals surface area contributed by atoms with E-state index in [4.69, 9.17) is 4.74 Å². The molecule has 0 aliphatic carbocycles. The van der Waals surface area contributed by atoms with Gasteiger partial charge < -0.3 is 9.64 Å². The molecular weight excluding hydrogens is 309 g/mol. The predicted molar refractivity (Wildman–Crippen MR) is 89.3 cm³/mol. The van der Waals surface area contributed by atoms with Crippen molar-refractivity contribution in [2.45, 2.75) is 37.9 Å². The van der Waals surface area contributed by atoms with Crippen molar-refractivity contribution in [3.63, 3.8) is 0 Å². The van der Waals surface area contributed by atoms with Crippen LogP contribution in [0.1, 0.15) is 32.4 Å². The second kappa shape index (κ2) is 6.76. The monoisotopic (exact) mass is 335 g/mol. The molecule has 5 nitrogen and oxygen atoms in total. The van der Waals surface area contributed by atoms with Crippen molar-refractivity contribution in [1.29, 1.82) is 0 Å². The SMILES string of the molecule is CC(C)(C(=O)N1CCC(F)(c2ccccn2)CC1)N1CCOCC1. The fourth-order valence-electron chi connectivity index (χ4n) is 3.59. The van der Waals surface area contributed by atoms with E-state index in [1.54, 1.807) is 23.2 Å². The van der Waals surface area contributed by atoms with E-state index < -0.39 is 11.2 Å². The molecule has 1 amide bonds. The normalized spacial score (nSPS) is 22.4. The van der Waals surface area contributed by atoms with Crippen LogP contribution in [-0.2, 0) is 15.2 Å². The molecule has 2 aliphatic heterocycles. The average Bonchev–Trinajstić information content (AvgIpc) is 2.63. The number of hydrogen-bond acceptors (Lipinski definition) is 4. The Balaban J connectivity index is 1.64. The van der Waals surface area contributed by atoms with Gasteiger partial charge in [0.2, 0.25) is 5.91 Å². The number of rotatable bonds is 3. The minimum Gasteiger partial charge on any atom is -0.379 e. The number of hydrogen-bond donors (Lipinski definition) is 0. The van der Waals surface area contributed by atoms with Crippen LogP contribution in [0.2, 0.25) is 0 Å².